The molecule has 2 aromatic rings. The third-order valence-corrected chi connectivity index (χ3v) is 11.1. The van der Waals surface area contributed by atoms with E-state index >= 15 is 0 Å². The normalized spacial score (nSPS) is 28.3. The molecule has 6 rings (SSSR count). The van der Waals surface area contributed by atoms with Crippen LogP contribution in [0, 0.1) is 28.5 Å². The second-order valence-corrected chi connectivity index (χ2v) is 13.4. The minimum atomic E-state index is -1.41. The van der Waals surface area contributed by atoms with E-state index in [1.165, 1.54) is 23.9 Å². The zero-order valence-electron chi connectivity index (χ0n) is 23.3. The molecule has 8 nitrogen and oxygen atoms in total. The van der Waals surface area contributed by atoms with E-state index in [4.69, 9.17) is 0 Å². The number of carbonyl (C=O) groups excluding carboxylic acids is 3. The average Bonchev–Trinajstić information content (AvgIpc) is 2.94. The van der Waals surface area contributed by atoms with Crippen molar-refractivity contribution in [3.05, 3.63) is 65.5 Å². The number of phenolic OH excluding ortho intramolecular Hbond substituents is 1. The molecule has 0 saturated heterocycles. The van der Waals surface area contributed by atoms with Gasteiger partial charge < -0.3 is 20.6 Å². The van der Waals surface area contributed by atoms with E-state index < -0.39 is 34.4 Å². The van der Waals surface area contributed by atoms with Gasteiger partial charge in [-0.05, 0) is 79.2 Å². The molecule has 4 saturated carbocycles. The number of thioether (sulfide) groups is 1. The van der Waals surface area contributed by atoms with Gasteiger partial charge in [0.05, 0.1) is 0 Å². The lowest BCUT2D eigenvalue weighted by atomic mass is 9.42. The fourth-order valence-corrected chi connectivity index (χ4v) is 8.89. The van der Waals surface area contributed by atoms with Crippen molar-refractivity contribution >= 4 is 40.2 Å². The Balaban J connectivity index is 1.34. The highest BCUT2D eigenvalue weighted by Crippen LogP contribution is 2.68. The third-order valence-electron chi connectivity index (χ3n) is 9.78. The van der Waals surface area contributed by atoms with Crippen molar-refractivity contribution in [2.24, 2.45) is 22.7 Å². The molecule has 222 valence electrons. The zero-order chi connectivity index (χ0) is 30.4. The molecule has 1 spiro atoms. The number of allylic oxidation sites excluding steroid dienone is 1. The summed E-state index contributed by atoms with van der Waals surface area (Å²) in [6, 6.07) is 7.95. The van der Waals surface area contributed by atoms with Gasteiger partial charge in [-0.1, -0.05) is 43.0 Å². The number of carboxylic acids is 1. The number of hydrogen-bond acceptors (Lipinski definition) is 7. The van der Waals surface area contributed by atoms with Crippen LogP contribution in [0.3, 0.4) is 0 Å². The lowest BCUT2D eigenvalue weighted by Gasteiger charge is -2.63. The number of phenols is 2. The Labute approximate surface area is 247 Å². The van der Waals surface area contributed by atoms with Crippen LogP contribution in [0.4, 0.5) is 10.1 Å². The molecule has 0 heterocycles. The Morgan fingerprint density at radius 3 is 2.52 bits per heavy atom. The van der Waals surface area contributed by atoms with Crippen LogP contribution in [0.1, 0.15) is 67.8 Å². The molecule has 10 heteroatoms. The number of ketones is 1. The van der Waals surface area contributed by atoms with Crippen LogP contribution in [0.15, 0.2) is 48.6 Å². The van der Waals surface area contributed by atoms with Gasteiger partial charge in [0.25, 0.3) is 0 Å². The second-order valence-electron chi connectivity index (χ2n) is 12.1. The molecule has 42 heavy (non-hydrogen) atoms. The van der Waals surface area contributed by atoms with E-state index in [9.17, 15) is 38.9 Å². The van der Waals surface area contributed by atoms with Crippen molar-refractivity contribution in [2.45, 2.75) is 63.5 Å². The number of carboxylic acid groups (broad SMARTS) is 1. The predicted molar refractivity (Wildman–Crippen MR) is 156 cm³/mol. The van der Waals surface area contributed by atoms with Crippen molar-refractivity contribution in [3.63, 3.8) is 0 Å². The summed E-state index contributed by atoms with van der Waals surface area (Å²) in [5.74, 6) is -3.35. The van der Waals surface area contributed by atoms with Crippen LogP contribution < -0.4 is 5.32 Å². The standard InChI is InChI=1S/C32H34FNO7S/c1-17-16-32-12-9-19(17)14-23(32)31(2,11-10-26(37)34-28-22(35)8-7-21(29(28)39)30(40)41)24(36)15-25(32)42-27(38)13-18-3-5-20(33)6-4-18/h3-8,19,23,25,35,39H,1,9-16H2,2H3,(H,34,37)(H,40,41)/t19-,23+,25-,31-,32-/m0/s1. The van der Waals surface area contributed by atoms with Crippen LogP contribution >= 0.6 is 11.8 Å². The topological polar surface area (TPSA) is 141 Å². The first kappa shape index (κ1) is 29.8. The van der Waals surface area contributed by atoms with Crippen LogP contribution in [0.2, 0.25) is 0 Å². The molecule has 4 N–H and O–H groups in total. The summed E-state index contributed by atoms with van der Waals surface area (Å²) in [6.07, 6.45) is 3.76. The van der Waals surface area contributed by atoms with E-state index in [-0.39, 0.29) is 70.6 Å². The zero-order valence-corrected chi connectivity index (χ0v) is 24.1. The number of carbonyl (C=O) groups is 4. The summed E-state index contributed by atoms with van der Waals surface area (Å²) in [5, 5.41) is 31.8. The number of Topliss-reactive ketones (excluding diaryl/α,β-unsaturated/α-hetero) is 1. The van der Waals surface area contributed by atoms with Gasteiger partial charge in [-0.25, -0.2) is 9.18 Å². The molecular weight excluding hydrogens is 561 g/mol. The maximum Gasteiger partial charge on any atom is 0.339 e. The third kappa shape index (κ3) is 5.32. The lowest BCUT2D eigenvalue weighted by molar-refractivity contribution is -0.151. The highest BCUT2D eigenvalue weighted by molar-refractivity contribution is 8.14. The molecule has 4 aliphatic rings. The number of nitrogens with one attached hydrogen (secondary N) is 1. The van der Waals surface area contributed by atoms with Gasteiger partial charge in [-0.2, -0.15) is 0 Å². The summed E-state index contributed by atoms with van der Waals surface area (Å²) in [7, 11) is 0. The van der Waals surface area contributed by atoms with Crippen molar-refractivity contribution in [1.29, 1.82) is 0 Å². The Kier molecular flexibility index (Phi) is 7.96. The minimum Gasteiger partial charge on any atom is -0.506 e. The van der Waals surface area contributed by atoms with E-state index in [1.54, 1.807) is 12.1 Å². The van der Waals surface area contributed by atoms with Gasteiger partial charge in [0.2, 0.25) is 5.91 Å². The van der Waals surface area contributed by atoms with Gasteiger partial charge in [0, 0.05) is 29.9 Å². The number of aromatic carboxylic acids is 1. The summed E-state index contributed by atoms with van der Waals surface area (Å²) < 4.78 is 13.3. The molecule has 5 atom stereocenters. The fraction of sp³-hybridized carbons (Fsp3) is 0.438. The monoisotopic (exact) mass is 595 g/mol. The summed E-state index contributed by atoms with van der Waals surface area (Å²) in [6.45, 7) is 6.23. The van der Waals surface area contributed by atoms with E-state index in [0.717, 1.165) is 43.4 Å². The van der Waals surface area contributed by atoms with Crippen molar-refractivity contribution in [3.8, 4) is 11.5 Å². The Hall–Kier alpha value is -3.66. The first-order chi connectivity index (χ1) is 19.8. The molecule has 0 aromatic heterocycles. The Morgan fingerprint density at radius 2 is 1.86 bits per heavy atom. The maximum absolute atomic E-state index is 13.8. The van der Waals surface area contributed by atoms with Gasteiger partial charge in [-0.3, -0.25) is 14.4 Å². The average molecular weight is 596 g/mol. The van der Waals surface area contributed by atoms with Crippen molar-refractivity contribution in [2.75, 3.05) is 5.32 Å². The lowest BCUT2D eigenvalue weighted by Crippen LogP contribution is -2.61. The number of fused-ring (bicyclic) bond motifs is 2. The molecule has 2 aromatic carbocycles. The second kappa shape index (κ2) is 11.2. The molecule has 0 aliphatic heterocycles. The molecule has 0 unspecified atom stereocenters. The number of aromatic hydroxyl groups is 2. The highest BCUT2D eigenvalue weighted by Gasteiger charge is 2.64. The van der Waals surface area contributed by atoms with Gasteiger partial charge in [0.1, 0.15) is 28.6 Å². The Morgan fingerprint density at radius 1 is 1.14 bits per heavy atom. The first-order valence-corrected chi connectivity index (χ1v) is 14.9. The quantitative estimate of drug-likeness (QED) is 0.220. The number of amides is 1. The molecule has 2 bridgehead atoms. The molecule has 1 amide bonds. The van der Waals surface area contributed by atoms with E-state index in [2.05, 4.69) is 11.9 Å². The van der Waals surface area contributed by atoms with Crippen LogP contribution in [0.5, 0.6) is 11.5 Å². The van der Waals surface area contributed by atoms with Gasteiger partial charge in [0.15, 0.2) is 10.9 Å². The number of anilines is 1. The van der Waals surface area contributed by atoms with Gasteiger partial charge in [-0.15, -0.1) is 0 Å². The predicted octanol–water partition coefficient (Wildman–Crippen LogP) is 5.87. The smallest absolute Gasteiger partial charge is 0.339 e. The largest absolute Gasteiger partial charge is 0.506 e. The molecule has 4 fully saturated rings. The maximum atomic E-state index is 13.8. The van der Waals surface area contributed by atoms with E-state index in [1.807, 2.05) is 6.92 Å². The number of rotatable bonds is 8. The number of hydrogen-bond donors (Lipinski definition) is 4. The molecule has 4 aliphatic carbocycles. The summed E-state index contributed by atoms with van der Waals surface area (Å²) >= 11 is 1.22. The first-order valence-electron chi connectivity index (χ1n) is 14.1. The summed E-state index contributed by atoms with van der Waals surface area (Å²) in [4.78, 5) is 51.4. The minimum absolute atomic E-state index is 0.00487. The van der Waals surface area contributed by atoms with Crippen LogP contribution in [-0.4, -0.2) is 43.3 Å². The fourth-order valence-electron chi connectivity index (χ4n) is 7.49. The van der Waals surface area contributed by atoms with Crippen molar-refractivity contribution in [1.82, 2.24) is 0 Å². The number of halogens is 1. The van der Waals surface area contributed by atoms with E-state index in [0.29, 0.717) is 5.56 Å². The molecule has 0 radical (unpaired) electrons. The molecular formula is C32H34FNO7S. The Bertz CT molecular complexity index is 1470. The number of benzene rings is 2. The van der Waals surface area contributed by atoms with Crippen molar-refractivity contribution < 1.29 is 38.9 Å². The van der Waals surface area contributed by atoms with Crippen LogP contribution in [-0.2, 0) is 20.8 Å². The van der Waals surface area contributed by atoms with Gasteiger partial charge >= 0.3 is 5.97 Å². The summed E-state index contributed by atoms with van der Waals surface area (Å²) in [5.41, 5.74) is -0.145. The SMILES string of the molecule is C=C1C[C@@]23CC[C@H]1C[C@@H]2[C@](C)(CCC(=O)Nc1c(O)ccc(C(=O)O)c1O)C(=O)C[C@@H]3SC(=O)Cc1ccc(F)cc1. The van der Waals surface area contributed by atoms with Crippen LogP contribution in [0.25, 0.3) is 0 Å². The highest BCUT2D eigenvalue weighted by atomic mass is 32.2.